The fraction of sp³-hybridized carbons (Fsp3) is 0.167. The van der Waals surface area contributed by atoms with Gasteiger partial charge in [-0.1, -0.05) is 23.2 Å². The molecule has 0 saturated heterocycles. The number of rotatable bonds is 2. The molecule has 0 bridgehead atoms. The molecule has 0 unspecified atom stereocenters. The van der Waals surface area contributed by atoms with Gasteiger partial charge in [0.25, 0.3) is 5.56 Å². The third kappa shape index (κ3) is 2.66. The van der Waals surface area contributed by atoms with E-state index in [1.165, 1.54) is 0 Å². The summed E-state index contributed by atoms with van der Waals surface area (Å²) >= 11 is 11.8. The first kappa shape index (κ1) is 12.9. The van der Waals surface area contributed by atoms with Crippen LogP contribution in [0.1, 0.15) is 11.3 Å². The molecule has 0 saturated carbocycles. The van der Waals surface area contributed by atoms with Crippen LogP contribution >= 0.6 is 23.2 Å². The molecule has 0 radical (unpaired) electrons. The minimum atomic E-state index is -0.171. The fourth-order valence-electron chi connectivity index (χ4n) is 1.42. The Hall–Kier alpha value is -1.52. The number of benzene rings is 1. The summed E-state index contributed by atoms with van der Waals surface area (Å²) in [5.41, 5.74) is 1.73. The molecule has 18 heavy (non-hydrogen) atoms. The van der Waals surface area contributed by atoms with Crippen molar-refractivity contribution in [2.75, 3.05) is 5.32 Å². The Bertz CT molecular complexity index is 652. The van der Waals surface area contributed by atoms with Crippen molar-refractivity contribution in [3.05, 3.63) is 49.9 Å². The molecular weight excluding hydrogens is 273 g/mol. The van der Waals surface area contributed by atoms with Gasteiger partial charge in [0.15, 0.2) is 0 Å². The van der Waals surface area contributed by atoms with Gasteiger partial charge in [-0.05, 0) is 32.0 Å². The predicted octanol–water partition coefficient (Wildman–Crippen LogP) is 3.44. The molecular formula is C12H11Cl2N3O. The van der Waals surface area contributed by atoms with Gasteiger partial charge in [-0.3, -0.25) is 9.78 Å². The van der Waals surface area contributed by atoms with Crippen molar-refractivity contribution in [1.29, 1.82) is 0 Å². The van der Waals surface area contributed by atoms with Crippen molar-refractivity contribution in [2.45, 2.75) is 13.8 Å². The summed E-state index contributed by atoms with van der Waals surface area (Å²) in [6, 6.07) is 5.04. The second-order valence-electron chi connectivity index (χ2n) is 3.87. The lowest BCUT2D eigenvalue weighted by Crippen LogP contribution is -2.15. The SMILES string of the molecule is Cc1nc(Nc2ccc(Cl)cc2Cl)[nH]c(=O)c1C. The van der Waals surface area contributed by atoms with E-state index in [4.69, 9.17) is 23.2 Å². The van der Waals surface area contributed by atoms with Crippen molar-refractivity contribution >= 4 is 34.8 Å². The molecule has 2 rings (SSSR count). The Labute approximate surface area is 114 Å². The van der Waals surface area contributed by atoms with Crippen molar-refractivity contribution in [2.24, 2.45) is 0 Å². The van der Waals surface area contributed by atoms with E-state index in [9.17, 15) is 4.79 Å². The number of H-pyrrole nitrogens is 1. The number of halogens is 2. The Morgan fingerprint density at radius 3 is 2.61 bits per heavy atom. The summed E-state index contributed by atoms with van der Waals surface area (Å²) in [7, 11) is 0. The van der Waals surface area contributed by atoms with E-state index >= 15 is 0 Å². The van der Waals surface area contributed by atoms with Gasteiger partial charge in [0.2, 0.25) is 5.95 Å². The first-order chi connectivity index (χ1) is 8.47. The average molecular weight is 284 g/mol. The lowest BCUT2D eigenvalue weighted by atomic mass is 10.3. The second kappa shape index (κ2) is 5.00. The first-order valence-electron chi connectivity index (χ1n) is 5.27. The number of nitrogens with one attached hydrogen (secondary N) is 2. The zero-order valence-corrected chi connectivity index (χ0v) is 11.4. The van der Waals surface area contributed by atoms with Crippen molar-refractivity contribution < 1.29 is 0 Å². The van der Waals surface area contributed by atoms with Gasteiger partial charge in [-0.2, -0.15) is 0 Å². The topological polar surface area (TPSA) is 57.8 Å². The van der Waals surface area contributed by atoms with E-state index in [0.29, 0.717) is 32.9 Å². The highest BCUT2D eigenvalue weighted by atomic mass is 35.5. The van der Waals surface area contributed by atoms with Gasteiger partial charge >= 0.3 is 0 Å². The summed E-state index contributed by atoms with van der Waals surface area (Å²) in [6.07, 6.45) is 0. The van der Waals surface area contributed by atoms with E-state index in [2.05, 4.69) is 15.3 Å². The summed E-state index contributed by atoms with van der Waals surface area (Å²) in [5.74, 6) is 0.354. The Morgan fingerprint density at radius 2 is 2.00 bits per heavy atom. The molecule has 0 atom stereocenters. The second-order valence-corrected chi connectivity index (χ2v) is 4.72. The minimum absolute atomic E-state index is 0.171. The van der Waals surface area contributed by atoms with Gasteiger partial charge in [0, 0.05) is 16.3 Å². The van der Waals surface area contributed by atoms with E-state index in [1.54, 1.807) is 32.0 Å². The maximum atomic E-state index is 11.6. The number of hydrogen-bond donors (Lipinski definition) is 2. The molecule has 2 aromatic rings. The van der Waals surface area contributed by atoms with E-state index in [1.807, 2.05) is 0 Å². The fourth-order valence-corrected chi connectivity index (χ4v) is 1.88. The Morgan fingerprint density at radius 1 is 1.28 bits per heavy atom. The number of aromatic amines is 1. The van der Waals surface area contributed by atoms with Crippen LogP contribution in [0.15, 0.2) is 23.0 Å². The Balaban J connectivity index is 2.37. The maximum absolute atomic E-state index is 11.6. The van der Waals surface area contributed by atoms with E-state index in [0.717, 1.165) is 0 Å². The number of aryl methyl sites for hydroxylation is 1. The third-order valence-electron chi connectivity index (χ3n) is 2.58. The van der Waals surface area contributed by atoms with Gasteiger partial charge in [-0.25, -0.2) is 4.98 Å². The van der Waals surface area contributed by atoms with Gasteiger partial charge in [-0.15, -0.1) is 0 Å². The number of hydrogen-bond acceptors (Lipinski definition) is 3. The molecule has 0 spiro atoms. The van der Waals surface area contributed by atoms with Gasteiger partial charge < -0.3 is 5.32 Å². The van der Waals surface area contributed by atoms with E-state index < -0.39 is 0 Å². The number of nitrogens with zero attached hydrogens (tertiary/aromatic N) is 1. The van der Waals surface area contributed by atoms with E-state index in [-0.39, 0.29) is 5.56 Å². The first-order valence-corrected chi connectivity index (χ1v) is 6.02. The molecule has 4 nitrogen and oxygen atoms in total. The summed E-state index contributed by atoms with van der Waals surface area (Å²) in [6.45, 7) is 3.50. The van der Waals surface area contributed by atoms with Crippen LogP contribution in [0.25, 0.3) is 0 Å². The molecule has 0 aliphatic rings. The highest BCUT2D eigenvalue weighted by Crippen LogP contribution is 2.26. The summed E-state index contributed by atoms with van der Waals surface area (Å²) in [5, 5.41) is 3.96. The zero-order chi connectivity index (χ0) is 13.3. The highest BCUT2D eigenvalue weighted by Gasteiger charge is 2.06. The van der Waals surface area contributed by atoms with Crippen LogP contribution in [-0.4, -0.2) is 9.97 Å². The predicted molar refractivity (Wildman–Crippen MR) is 74.1 cm³/mol. The molecule has 0 aliphatic carbocycles. The molecule has 0 fully saturated rings. The van der Waals surface area contributed by atoms with Crippen LogP contribution in [0.3, 0.4) is 0 Å². The molecule has 2 N–H and O–H groups in total. The molecule has 6 heteroatoms. The van der Waals surface area contributed by atoms with Crippen LogP contribution in [0.4, 0.5) is 11.6 Å². The number of aromatic nitrogens is 2. The van der Waals surface area contributed by atoms with Crippen LogP contribution in [-0.2, 0) is 0 Å². The lowest BCUT2D eigenvalue weighted by molar-refractivity contribution is 1.03. The zero-order valence-electron chi connectivity index (χ0n) is 9.84. The lowest BCUT2D eigenvalue weighted by Gasteiger charge is -2.09. The van der Waals surface area contributed by atoms with Gasteiger partial charge in [0.05, 0.1) is 10.7 Å². The van der Waals surface area contributed by atoms with Crippen LogP contribution in [0.2, 0.25) is 10.0 Å². The standard InChI is InChI=1S/C12H11Cl2N3O/c1-6-7(2)15-12(17-11(6)18)16-10-4-3-8(13)5-9(10)14/h3-5H,1-2H3,(H2,15,16,17,18). The third-order valence-corrected chi connectivity index (χ3v) is 3.13. The Kier molecular flexibility index (Phi) is 3.59. The normalized spacial score (nSPS) is 10.4. The minimum Gasteiger partial charge on any atom is -0.324 e. The average Bonchev–Trinajstić information content (AvgIpc) is 2.29. The maximum Gasteiger partial charge on any atom is 0.255 e. The van der Waals surface area contributed by atoms with Crippen molar-refractivity contribution in [1.82, 2.24) is 9.97 Å². The molecule has 1 aromatic carbocycles. The summed E-state index contributed by atoms with van der Waals surface area (Å²) < 4.78 is 0. The quantitative estimate of drug-likeness (QED) is 0.888. The highest BCUT2D eigenvalue weighted by molar-refractivity contribution is 6.36. The molecule has 0 aliphatic heterocycles. The number of anilines is 2. The largest absolute Gasteiger partial charge is 0.324 e. The van der Waals surface area contributed by atoms with Crippen LogP contribution in [0, 0.1) is 13.8 Å². The van der Waals surface area contributed by atoms with Crippen LogP contribution < -0.4 is 10.9 Å². The monoisotopic (exact) mass is 283 g/mol. The molecule has 0 amide bonds. The summed E-state index contributed by atoms with van der Waals surface area (Å²) in [4.78, 5) is 18.5. The van der Waals surface area contributed by atoms with Crippen molar-refractivity contribution in [3.8, 4) is 0 Å². The van der Waals surface area contributed by atoms with Crippen LogP contribution in [0.5, 0.6) is 0 Å². The molecule has 94 valence electrons. The van der Waals surface area contributed by atoms with Crippen molar-refractivity contribution in [3.63, 3.8) is 0 Å². The van der Waals surface area contributed by atoms with Gasteiger partial charge in [0.1, 0.15) is 0 Å². The smallest absolute Gasteiger partial charge is 0.255 e. The molecule has 1 aromatic heterocycles. The molecule has 1 heterocycles.